The molecule has 2 rings (SSSR count). The highest BCUT2D eigenvalue weighted by Crippen LogP contribution is 2.20. The minimum absolute atomic E-state index is 0.0153. The van der Waals surface area contributed by atoms with Crippen molar-refractivity contribution in [1.82, 2.24) is 0 Å². The minimum atomic E-state index is -4.44. The molecule has 0 spiro atoms. The molecule has 0 bridgehead atoms. The molecule has 0 saturated carbocycles. The standard InChI is InChI=1S/C22H20F3O6/c1-2-28-13-14-29-20(26)12-5-16-3-8-19(9-4-16)31-21(27)17-6-10-18(11-7-17)30-15-22(23,24)25/h3-12H,1-2,13-15H2/b12-5+. The number of carbonyl (C=O) groups excluding carboxylic acids is 2. The molecule has 0 N–H and O–H groups in total. The smallest absolute Gasteiger partial charge is 0.422 e. The quantitative estimate of drug-likeness (QED) is 0.240. The van der Waals surface area contributed by atoms with E-state index < -0.39 is 24.7 Å². The van der Waals surface area contributed by atoms with E-state index >= 15 is 0 Å². The van der Waals surface area contributed by atoms with Crippen LogP contribution in [0.2, 0.25) is 0 Å². The van der Waals surface area contributed by atoms with Crippen LogP contribution in [0.3, 0.4) is 0 Å². The van der Waals surface area contributed by atoms with Crippen LogP contribution in [0.4, 0.5) is 13.2 Å². The Morgan fingerprint density at radius 1 is 0.935 bits per heavy atom. The lowest BCUT2D eigenvalue weighted by atomic mass is 10.2. The average molecular weight is 437 g/mol. The van der Waals surface area contributed by atoms with Crippen LogP contribution in [0.5, 0.6) is 11.5 Å². The molecule has 0 heterocycles. The molecule has 0 unspecified atom stereocenters. The van der Waals surface area contributed by atoms with Gasteiger partial charge in [-0.15, -0.1) is 0 Å². The van der Waals surface area contributed by atoms with Gasteiger partial charge in [0.05, 0.1) is 12.2 Å². The van der Waals surface area contributed by atoms with E-state index in [-0.39, 0.29) is 30.3 Å². The number of ether oxygens (including phenoxy) is 4. The fourth-order valence-corrected chi connectivity index (χ4v) is 2.18. The summed E-state index contributed by atoms with van der Waals surface area (Å²) in [4.78, 5) is 23.7. The summed E-state index contributed by atoms with van der Waals surface area (Å²) in [6.45, 7) is 2.77. The first-order chi connectivity index (χ1) is 14.8. The molecule has 0 aliphatic heterocycles. The molecule has 0 amide bonds. The second-order valence-electron chi connectivity index (χ2n) is 6.00. The predicted molar refractivity (Wildman–Crippen MR) is 106 cm³/mol. The number of rotatable bonds is 10. The topological polar surface area (TPSA) is 71.1 Å². The average Bonchev–Trinajstić information content (AvgIpc) is 2.74. The Morgan fingerprint density at radius 2 is 1.58 bits per heavy atom. The van der Waals surface area contributed by atoms with Gasteiger partial charge in [-0.25, -0.2) is 9.59 Å². The van der Waals surface area contributed by atoms with E-state index in [1.165, 1.54) is 48.6 Å². The summed E-state index contributed by atoms with van der Waals surface area (Å²) in [5.41, 5.74) is 0.825. The zero-order chi connectivity index (χ0) is 22.7. The summed E-state index contributed by atoms with van der Waals surface area (Å²) in [5.74, 6) is -0.963. The van der Waals surface area contributed by atoms with Crippen LogP contribution in [0.1, 0.15) is 15.9 Å². The first-order valence-corrected chi connectivity index (χ1v) is 9.10. The molecule has 31 heavy (non-hydrogen) atoms. The fourth-order valence-electron chi connectivity index (χ4n) is 2.18. The van der Waals surface area contributed by atoms with Gasteiger partial charge in [-0.1, -0.05) is 12.1 Å². The second-order valence-corrected chi connectivity index (χ2v) is 6.00. The lowest BCUT2D eigenvalue weighted by molar-refractivity contribution is -0.153. The van der Waals surface area contributed by atoms with E-state index in [9.17, 15) is 22.8 Å². The number of carbonyl (C=O) groups is 2. The van der Waals surface area contributed by atoms with Crippen molar-refractivity contribution in [2.24, 2.45) is 0 Å². The molecule has 165 valence electrons. The zero-order valence-electron chi connectivity index (χ0n) is 16.4. The van der Waals surface area contributed by atoms with Gasteiger partial charge in [0.1, 0.15) is 18.1 Å². The van der Waals surface area contributed by atoms with Gasteiger partial charge in [0.15, 0.2) is 6.61 Å². The molecule has 2 aromatic rings. The van der Waals surface area contributed by atoms with Crippen LogP contribution in [0.25, 0.3) is 6.08 Å². The maximum Gasteiger partial charge on any atom is 0.422 e. The van der Waals surface area contributed by atoms with E-state index in [0.29, 0.717) is 12.2 Å². The predicted octanol–water partition coefficient (Wildman–Crippen LogP) is 4.25. The zero-order valence-corrected chi connectivity index (χ0v) is 16.4. The molecule has 0 saturated heterocycles. The molecule has 0 fully saturated rings. The number of hydrogen-bond acceptors (Lipinski definition) is 6. The van der Waals surface area contributed by atoms with Gasteiger partial charge in [-0.05, 0) is 55.0 Å². The van der Waals surface area contributed by atoms with Crippen molar-refractivity contribution in [3.05, 3.63) is 72.7 Å². The number of alkyl halides is 3. The first-order valence-electron chi connectivity index (χ1n) is 9.10. The van der Waals surface area contributed by atoms with Crippen LogP contribution in [0, 0.1) is 6.92 Å². The molecule has 0 atom stereocenters. The van der Waals surface area contributed by atoms with Crippen LogP contribution >= 0.6 is 0 Å². The van der Waals surface area contributed by atoms with Crippen molar-refractivity contribution in [3.63, 3.8) is 0 Å². The van der Waals surface area contributed by atoms with E-state index in [0.717, 1.165) is 0 Å². The summed E-state index contributed by atoms with van der Waals surface area (Å²) in [5, 5.41) is 0. The summed E-state index contributed by atoms with van der Waals surface area (Å²) in [6.07, 6.45) is -1.65. The maximum absolute atomic E-state index is 12.2. The molecule has 2 aromatic carbocycles. The van der Waals surface area contributed by atoms with Gasteiger partial charge in [0, 0.05) is 12.7 Å². The van der Waals surface area contributed by atoms with Gasteiger partial charge >= 0.3 is 18.1 Å². The van der Waals surface area contributed by atoms with Gasteiger partial charge in [-0.2, -0.15) is 13.2 Å². The Hall–Kier alpha value is -3.33. The SMILES string of the molecule is [CH2]COCCOC(=O)/C=C/c1ccc(OC(=O)c2ccc(OCC(F)(F)F)cc2)cc1. The number of benzene rings is 2. The van der Waals surface area contributed by atoms with Crippen LogP contribution in [-0.2, 0) is 14.3 Å². The summed E-state index contributed by atoms with van der Waals surface area (Å²) < 4.78 is 56.1. The van der Waals surface area contributed by atoms with Crippen LogP contribution < -0.4 is 9.47 Å². The normalized spacial score (nSPS) is 11.4. The van der Waals surface area contributed by atoms with Crippen molar-refractivity contribution in [1.29, 1.82) is 0 Å². The summed E-state index contributed by atoms with van der Waals surface area (Å²) in [7, 11) is 0. The molecule has 9 heteroatoms. The third-order valence-electron chi connectivity index (χ3n) is 3.61. The number of hydrogen-bond donors (Lipinski definition) is 0. The molecular weight excluding hydrogens is 417 g/mol. The highest BCUT2D eigenvalue weighted by atomic mass is 19.4. The van der Waals surface area contributed by atoms with E-state index in [4.69, 9.17) is 14.2 Å². The van der Waals surface area contributed by atoms with Gasteiger partial charge in [0.2, 0.25) is 0 Å². The maximum atomic E-state index is 12.2. The van der Waals surface area contributed by atoms with Crippen molar-refractivity contribution >= 4 is 18.0 Å². The van der Waals surface area contributed by atoms with Gasteiger partial charge in [0.25, 0.3) is 0 Å². The van der Waals surface area contributed by atoms with Crippen molar-refractivity contribution < 1.29 is 41.7 Å². The Kier molecular flexibility index (Phi) is 9.08. The van der Waals surface area contributed by atoms with E-state index in [1.54, 1.807) is 12.1 Å². The molecule has 1 radical (unpaired) electrons. The lowest BCUT2D eigenvalue weighted by Gasteiger charge is -2.09. The second kappa shape index (κ2) is 11.8. The number of esters is 2. The summed E-state index contributed by atoms with van der Waals surface area (Å²) >= 11 is 0. The van der Waals surface area contributed by atoms with Crippen molar-refractivity contribution in [2.75, 3.05) is 26.4 Å². The third-order valence-corrected chi connectivity index (χ3v) is 3.61. The Morgan fingerprint density at radius 3 is 2.19 bits per heavy atom. The molecule has 0 aromatic heterocycles. The Bertz CT molecular complexity index is 874. The van der Waals surface area contributed by atoms with E-state index in [2.05, 4.69) is 11.7 Å². The van der Waals surface area contributed by atoms with Gasteiger partial charge in [-0.3, -0.25) is 0 Å². The van der Waals surface area contributed by atoms with Crippen molar-refractivity contribution in [3.8, 4) is 11.5 Å². The molecular formula is C22H20F3O6. The minimum Gasteiger partial charge on any atom is -0.484 e. The summed E-state index contributed by atoms with van der Waals surface area (Å²) in [6, 6.07) is 11.4. The number of halogens is 3. The molecule has 6 nitrogen and oxygen atoms in total. The fraction of sp³-hybridized carbons (Fsp3) is 0.227. The Balaban J connectivity index is 1.84. The van der Waals surface area contributed by atoms with Crippen LogP contribution in [0.15, 0.2) is 54.6 Å². The highest BCUT2D eigenvalue weighted by Gasteiger charge is 2.28. The molecule has 0 aliphatic carbocycles. The Labute approximate surface area is 177 Å². The highest BCUT2D eigenvalue weighted by molar-refractivity contribution is 5.91. The third kappa shape index (κ3) is 9.35. The monoisotopic (exact) mass is 437 g/mol. The largest absolute Gasteiger partial charge is 0.484 e. The van der Waals surface area contributed by atoms with Crippen LogP contribution in [-0.4, -0.2) is 44.5 Å². The van der Waals surface area contributed by atoms with Gasteiger partial charge < -0.3 is 18.9 Å². The lowest BCUT2D eigenvalue weighted by Crippen LogP contribution is -2.19. The first kappa shape index (κ1) is 23.9. The van der Waals surface area contributed by atoms with E-state index in [1.807, 2.05) is 0 Å². The molecule has 0 aliphatic rings. The van der Waals surface area contributed by atoms with Crippen molar-refractivity contribution in [2.45, 2.75) is 6.18 Å².